The van der Waals surface area contributed by atoms with Crippen LogP contribution in [0.5, 0.6) is 5.88 Å². The van der Waals surface area contributed by atoms with Crippen molar-refractivity contribution in [1.82, 2.24) is 29.5 Å². The molecule has 2 aliphatic rings. The largest absolute Gasteiger partial charge is 0.474 e. The number of imidazole rings is 1. The van der Waals surface area contributed by atoms with Gasteiger partial charge in [-0.05, 0) is 62.7 Å². The summed E-state index contributed by atoms with van der Waals surface area (Å²) >= 11 is 0. The molecule has 0 radical (unpaired) electrons. The molecule has 5 heterocycles. The standard InChI is InChI=1S/C30H28FN7O3/c1-16-11-37-12-18(8-21(27(37)34-16)28-36-33-15-40-28)29(39)38-13-22-23(14-38)26(22)41-25-10-19(30(2,3)32)9-24(35-25)17-4-6-20(31)7-5-17/h4-12,15,22-23,26H,13-14,32H2,1-3H3/t22-,23+,26?. The average Bonchev–Trinajstić information content (AvgIpc) is 3.44. The molecular formula is C30H28FN7O3. The van der Waals surface area contributed by atoms with Gasteiger partial charge in [0, 0.05) is 54.5 Å². The molecule has 1 amide bonds. The molecule has 41 heavy (non-hydrogen) atoms. The third kappa shape index (κ3) is 4.61. The number of amides is 1. The number of carbonyl (C=O) groups is 1. The highest BCUT2D eigenvalue weighted by molar-refractivity contribution is 5.96. The van der Waals surface area contributed by atoms with Crippen molar-refractivity contribution in [3.63, 3.8) is 0 Å². The first kappa shape index (κ1) is 25.3. The number of aryl methyl sites for hydroxylation is 1. The van der Waals surface area contributed by atoms with Crippen LogP contribution in [0.25, 0.3) is 28.4 Å². The molecule has 3 atom stereocenters. The van der Waals surface area contributed by atoms with E-state index in [1.54, 1.807) is 24.4 Å². The van der Waals surface area contributed by atoms with Crippen LogP contribution in [0.3, 0.4) is 0 Å². The van der Waals surface area contributed by atoms with Crippen molar-refractivity contribution in [1.29, 1.82) is 0 Å². The van der Waals surface area contributed by atoms with Gasteiger partial charge in [-0.25, -0.2) is 14.4 Å². The number of hydrogen-bond acceptors (Lipinski definition) is 8. The van der Waals surface area contributed by atoms with E-state index in [-0.39, 0.29) is 29.7 Å². The number of nitrogens with two attached hydrogens (primary N) is 1. The second-order valence-corrected chi connectivity index (χ2v) is 11.4. The van der Waals surface area contributed by atoms with Gasteiger partial charge in [0.15, 0.2) is 0 Å². The van der Waals surface area contributed by atoms with Crippen LogP contribution in [-0.4, -0.2) is 54.6 Å². The quantitative estimate of drug-likeness (QED) is 0.331. The van der Waals surface area contributed by atoms with Crippen molar-refractivity contribution >= 4 is 11.6 Å². The van der Waals surface area contributed by atoms with E-state index < -0.39 is 5.54 Å². The van der Waals surface area contributed by atoms with Gasteiger partial charge < -0.3 is 24.2 Å². The Bertz CT molecular complexity index is 1760. The SMILES string of the molecule is Cc1cn2cc(C(=O)N3C[C@@H]4C(Oc5cc(C(C)(C)N)cc(-c6ccc(F)cc6)n5)[C@@H]4C3)cc(-c3nnco3)c2n1. The van der Waals surface area contributed by atoms with Crippen LogP contribution in [0.1, 0.15) is 35.5 Å². The van der Waals surface area contributed by atoms with Crippen LogP contribution in [0.2, 0.25) is 0 Å². The van der Waals surface area contributed by atoms with E-state index >= 15 is 0 Å². The predicted octanol–water partition coefficient (Wildman–Crippen LogP) is 4.24. The number of aromatic nitrogens is 5. The molecule has 1 aromatic carbocycles. The van der Waals surface area contributed by atoms with Gasteiger partial charge in [0.25, 0.3) is 11.8 Å². The average molecular weight is 554 g/mol. The number of piperidine rings is 1. The first-order valence-electron chi connectivity index (χ1n) is 13.4. The Morgan fingerprint density at radius 1 is 1.10 bits per heavy atom. The molecule has 2 N–H and O–H groups in total. The fourth-order valence-electron chi connectivity index (χ4n) is 5.63. The van der Waals surface area contributed by atoms with Gasteiger partial charge in [0.2, 0.25) is 12.3 Å². The highest BCUT2D eigenvalue weighted by Gasteiger charge is 2.59. The molecule has 1 saturated carbocycles. The molecule has 0 bridgehead atoms. The summed E-state index contributed by atoms with van der Waals surface area (Å²) in [6.45, 7) is 6.89. The van der Waals surface area contributed by atoms with Gasteiger partial charge >= 0.3 is 0 Å². The number of rotatable bonds is 6. The molecule has 1 unspecified atom stereocenters. The highest BCUT2D eigenvalue weighted by Crippen LogP contribution is 2.48. The second-order valence-electron chi connectivity index (χ2n) is 11.4. The van der Waals surface area contributed by atoms with Gasteiger partial charge in [-0.2, -0.15) is 0 Å². The minimum atomic E-state index is -0.618. The van der Waals surface area contributed by atoms with Crippen LogP contribution in [0.15, 0.2) is 65.7 Å². The lowest BCUT2D eigenvalue weighted by Crippen LogP contribution is -2.33. The number of pyridine rings is 2. The summed E-state index contributed by atoms with van der Waals surface area (Å²) in [6.07, 6.45) is 4.86. The van der Waals surface area contributed by atoms with Gasteiger partial charge in [-0.3, -0.25) is 4.79 Å². The van der Waals surface area contributed by atoms with Crippen LogP contribution >= 0.6 is 0 Å². The molecule has 10 nitrogen and oxygen atoms in total. The number of ether oxygens (including phenoxy) is 1. The van der Waals surface area contributed by atoms with Crippen molar-refractivity contribution in [3.05, 3.63) is 83.9 Å². The molecule has 11 heteroatoms. The second kappa shape index (κ2) is 9.20. The van der Waals surface area contributed by atoms with E-state index in [0.717, 1.165) is 16.8 Å². The van der Waals surface area contributed by atoms with E-state index in [9.17, 15) is 9.18 Å². The number of hydrogen-bond donors (Lipinski definition) is 1. The van der Waals surface area contributed by atoms with Crippen molar-refractivity contribution in [2.45, 2.75) is 32.4 Å². The Labute approximate surface area is 235 Å². The maximum atomic E-state index is 13.6. The topological polar surface area (TPSA) is 125 Å². The maximum Gasteiger partial charge on any atom is 0.255 e. The Balaban J connectivity index is 1.09. The minimum Gasteiger partial charge on any atom is -0.474 e. The zero-order chi connectivity index (χ0) is 28.5. The summed E-state index contributed by atoms with van der Waals surface area (Å²) in [5.74, 6) is 0.814. The monoisotopic (exact) mass is 553 g/mol. The minimum absolute atomic E-state index is 0.0449. The third-order valence-electron chi connectivity index (χ3n) is 7.85. The number of fused-ring (bicyclic) bond motifs is 2. The van der Waals surface area contributed by atoms with E-state index in [0.29, 0.717) is 47.3 Å². The van der Waals surface area contributed by atoms with Crippen LogP contribution in [0, 0.1) is 24.6 Å². The summed E-state index contributed by atoms with van der Waals surface area (Å²) < 4.78 is 27.1. The number of halogens is 1. The smallest absolute Gasteiger partial charge is 0.255 e. The molecular weight excluding hydrogens is 525 g/mol. The molecule has 1 aliphatic heterocycles. The number of benzene rings is 1. The Morgan fingerprint density at radius 3 is 2.54 bits per heavy atom. The summed E-state index contributed by atoms with van der Waals surface area (Å²) in [5.41, 5.74) is 10.7. The zero-order valence-corrected chi connectivity index (χ0v) is 22.8. The first-order valence-corrected chi connectivity index (χ1v) is 13.4. The zero-order valence-electron chi connectivity index (χ0n) is 22.8. The lowest BCUT2D eigenvalue weighted by atomic mass is 9.95. The Morgan fingerprint density at radius 2 is 1.85 bits per heavy atom. The lowest BCUT2D eigenvalue weighted by molar-refractivity contribution is 0.0751. The molecule has 0 spiro atoms. The summed E-state index contributed by atoms with van der Waals surface area (Å²) in [4.78, 5) is 24.7. The summed E-state index contributed by atoms with van der Waals surface area (Å²) in [6, 6.07) is 11.7. The molecule has 1 saturated heterocycles. The fraction of sp³-hybridized carbons (Fsp3) is 0.300. The molecule has 5 aromatic rings. The summed E-state index contributed by atoms with van der Waals surface area (Å²) in [7, 11) is 0. The summed E-state index contributed by atoms with van der Waals surface area (Å²) in [5, 5.41) is 7.80. The predicted molar refractivity (Wildman–Crippen MR) is 147 cm³/mol. The molecule has 1 aliphatic carbocycles. The van der Waals surface area contributed by atoms with Gasteiger partial charge in [-0.15, -0.1) is 10.2 Å². The Kier molecular flexibility index (Phi) is 5.69. The van der Waals surface area contributed by atoms with Gasteiger partial charge in [-0.1, -0.05) is 0 Å². The fourth-order valence-corrected chi connectivity index (χ4v) is 5.63. The van der Waals surface area contributed by atoms with Crippen LogP contribution in [0.4, 0.5) is 4.39 Å². The highest BCUT2D eigenvalue weighted by atomic mass is 19.1. The first-order chi connectivity index (χ1) is 19.6. The van der Waals surface area contributed by atoms with E-state index in [1.807, 2.05) is 48.4 Å². The lowest BCUT2D eigenvalue weighted by Gasteiger charge is -2.23. The Hall–Kier alpha value is -4.64. The maximum absolute atomic E-state index is 13.6. The molecule has 2 fully saturated rings. The van der Waals surface area contributed by atoms with Crippen molar-refractivity contribution in [3.8, 4) is 28.6 Å². The molecule has 208 valence electrons. The number of carbonyl (C=O) groups excluding carboxylic acids is 1. The van der Waals surface area contributed by atoms with Gasteiger partial charge in [0.1, 0.15) is 17.6 Å². The van der Waals surface area contributed by atoms with Crippen molar-refractivity contribution < 1.29 is 18.3 Å². The van der Waals surface area contributed by atoms with Crippen LogP contribution < -0.4 is 10.5 Å². The van der Waals surface area contributed by atoms with Crippen molar-refractivity contribution in [2.24, 2.45) is 17.6 Å². The molecule has 4 aromatic heterocycles. The van der Waals surface area contributed by atoms with E-state index in [2.05, 4.69) is 15.2 Å². The molecule has 7 rings (SSSR count). The van der Waals surface area contributed by atoms with Crippen LogP contribution in [-0.2, 0) is 5.54 Å². The van der Waals surface area contributed by atoms with E-state index in [1.165, 1.54) is 18.5 Å². The van der Waals surface area contributed by atoms with E-state index in [4.69, 9.17) is 19.9 Å². The van der Waals surface area contributed by atoms with Gasteiger partial charge in [0.05, 0.1) is 22.5 Å². The number of likely N-dealkylation sites (tertiary alicyclic amines) is 1. The normalized spacial score (nSPS) is 19.9. The number of nitrogens with zero attached hydrogens (tertiary/aromatic N) is 6. The van der Waals surface area contributed by atoms with Crippen molar-refractivity contribution in [2.75, 3.05) is 13.1 Å². The third-order valence-corrected chi connectivity index (χ3v) is 7.85.